The molecule has 5 rings (SSSR count). The van der Waals surface area contributed by atoms with Crippen LogP contribution in [0.2, 0.25) is 5.02 Å². The lowest BCUT2D eigenvalue weighted by atomic mass is 10.0. The van der Waals surface area contributed by atoms with E-state index in [0.717, 1.165) is 16.8 Å². The van der Waals surface area contributed by atoms with E-state index < -0.39 is 0 Å². The zero-order valence-corrected chi connectivity index (χ0v) is 22.6. The standard InChI is InChI=1S/C29H27ClN4O3S/c1-18-19(8-7-9-20(18)30)23-13-14-25(37-23)28-27(22-11-5-6-16-31-22)33-29(38)34(28)17-15-26(35)32-21-10-3-4-12-24(21)36-2/h3-14,16,27-28H,15,17H2,1-2H3,(H,32,35)(H,33,38). The van der Waals surface area contributed by atoms with Crippen LogP contribution in [0.5, 0.6) is 5.75 Å². The van der Waals surface area contributed by atoms with Gasteiger partial charge in [0.05, 0.1) is 24.5 Å². The van der Waals surface area contributed by atoms with E-state index >= 15 is 0 Å². The van der Waals surface area contributed by atoms with Crippen molar-refractivity contribution in [2.45, 2.75) is 25.4 Å². The van der Waals surface area contributed by atoms with Crippen LogP contribution in [-0.4, -0.2) is 34.6 Å². The Balaban J connectivity index is 1.41. The van der Waals surface area contributed by atoms with Crippen LogP contribution in [0.3, 0.4) is 0 Å². The van der Waals surface area contributed by atoms with Gasteiger partial charge < -0.3 is 24.7 Å². The Morgan fingerprint density at radius 2 is 1.95 bits per heavy atom. The Hall–Kier alpha value is -3.88. The molecule has 2 unspecified atom stereocenters. The first-order valence-electron chi connectivity index (χ1n) is 12.2. The highest BCUT2D eigenvalue weighted by Gasteiger charge is 2.41. The Morgan fingerprint density at radius 1 is 1.13 bits per heavy atom. The average Bonchev–Trinajstić information content (AvgIpc) is 3.54. The van der Waals surface area contributed by atoms with Gasteiger partial charge in [0.15, 0.2) is 5.11 Å². The minimum absolute atomic E-state index is 0.146. The lowest BCUT2D eigenvalue weighted by Gasteiger charge is -2.26. The van der Waals surface area contributed by atoms with Gasteiger partial charge in [-0.25, -0.2) is 0 Å². The van der Waals surface area contributed by atoms with Gasteiger partial charge in [0.2, 0.25) is 5.91 Å². The first kappa shape index (κ1) is 25.8. The molecule has 194 valence electrons. The first-order valence-corrected chi connectivity index (χ1v) is 13.0. The number of para-hydroxylation sites is 2. The number of hydrogen-bond donors (Lipinski definition) is 2. The molecule has 0 aliphatic carbocycles. The first-order chi connectivity index (χ1) is 18.5. The number of aromatic nitrogens is 1. The number of nitrogens with one attached hydrogen (secondary N) is 2. The molecule has 38 heavy (non-hydrogen) atoms. The van der Waals surface area contributed by atoms with Crippen LogP contribution in [0.25, 0.3) is 11.3 Å². The van der Waals surface area contributed by atoms with Gasteiger partial charge in [-0.3, -0.25) is 9.78 Å². The minimum atomic E-state index is -0.301. The van der Waals surface area contributed by atoms with E-state index in [1.54, 1.807) is 25.4 Å². The maximum atomic E-state index is 12.9. The van der Waals surface area contributed by atoms with Gasteiger partial charge in [0, 0.05) is 29.7 Å². The van der Waals surface area contributed by atoms with Crippen LogP contribution >= 0.6 is 23.8 Å². The number of methoxy groups -OCH3 is 1. The topological polar surface area (TPSA) is 79.6 Å². The molecule has 4 aromatic rings. The van der Waals surface area contributed by atoms with Crippen molar-refractivity contribution in [3.8, 4) is 17.1 Å². The molecule has 2 aromatic heterocycles. The average molecular weight is 547 g/mol. The van der Waals surface area contributed by atoms with E-state index in [2.05, 4.69) is 15.6 Å². The Labute approximate surface area is 231 Å². The van der Waals surface area contributed by atoms with Crippen molar-refractivity contribution in [2.24, 2.45) is 0 Å². The number of furan rings is 1. The van der Waals surface area contributed by atoms with Crippen molar-refractivity contribution in [1.82, 2.24) is 15.2 Å². The highest BCUT2D eigenvalue weighted by molar-refractivity contribution is 7.80. The molecular formula is C29H27ClN4O3S. The monoisotopic (exact) mass is 546 g/mol. The molecule has 2 atom stereocenters. The Bertz CT molecular complexity index is 1460. The van der Waals surface area contributed by atoms with Crippen molar-refractivity contribution in [1.29, 1.82) is 0 Å². The van der Waals surface area contributed by atoms with Gasteiger partial charge in [-0.05, 0) is 67.2 Å². The van der Waals surface area contributed by atoms with E-state index in [-0.39, 0.29) is 24.4 Å². The van der Waals surface area contributed by atoms with Crippen molar-refractivity contribution < 1.29 is 13.9 Å². The largest absolute Gasteiger partial charge is 0.495 e. The van der Waals surface area contributed by atoms with Crippen LogP contribution in [0.15, 0.2) is 83.4 Å². The van der Waals surface area contributed by atoms with E-state index in [4.69, 9.17) is 33.0 Å². The van der Waals surface area contributed by atoms with Gasteiger partial charge in [0.25, 0.3) is 0 Å². The van der Waals surface area contributed by atoms with Crippen molar-refractivity contribution >= 4 is 40.5 Å². The van der Waals surface area contributed by atoms with Gasteiger partial charge in [-0.2, -0.15) is 0 Å². The Morgan fingerprint density at radius 3 is 2.74 bits per heavy atom. The summed E-state index contributed by atoms with van der Waals surface area (Å²) < 4.78 is 11.8. The number of hydrogen-bond acceptors (Lipinski definition) is 5. The molecule has 3 heterocycles. The number of carbonyl (C=O) groups is 1. The number of nitrogens with zero attached hydrogens (tertiary/aromatic N) is 2. The minimum Gasteiger partial charge on any atom is -0.495 e. The zero-order chi connectivity index (χ0) is 26.6. The third-order valence-electron chi connectivity index (χ3n) is 6.61. The highest BCUT2D eigenvalue weighted by Crippen LogP contribution is 2.41. The van der Waals surface area contributed by atoms with Crippen LogP contribution in [0, 0.1) is 6.92 Å². The number of ether oxygens (including phenoxy) is 1. The summed E-state index contributed by atoms with van der Waals surface area (Å²) in [5, 5.41) is 7.54. The number of amides is 1. The predicted molar refractivity (Wildman–Crippen MR) is 152 cm³/mol. The predicted octanol–water partition coefficient (Wildman–Crippen LogP) is 6.31. The number of anilines is 1. The van der Waals surface area contributed by atoms with Crippen molar-refractivity contribution in [2.75, 3.05) is 19.0 Å². The molecule has 2 aromatic carbocycles. The summed E-state index contributed by atoms with van der Waals surface area (Å²) in [6.07, 6.45) is 1.97. The molecule has 0 saturated carbocycles. The molecule has 0 bridgehead atoms. The lowest BCUT2D eigenvalue weighted by Crippen LogP contribution is -2.32. The molecule has 1 fully saturated rings. The summed E-state index contributed by atoms with van der Waals surface area (Å²) in [7, 11) is 1.57. The third kappa shape index (κ3) is 5.23. The fraction of sp³-hybridized carbons (Fsp3) is 0.207. The number of benzene rings is 2. The quantitative estimate of drug-likeness (QED) is 0.251. The molecule has 1 amide bonds. The van der Waals surface area contributed by atoms with Crippen LogP contribution in [-0.2, 0) is 4.79 Å². The third-order valence-corrected chi connectivity index (χ3v) is 7.37. The Kier molecular flexibility index (Phi) is 7.62. The van der Waals surface area contributed by atoms with E-state index in [1.807, 2.05) is 72.5 Å². The second-order valence-electron chi connectivity index (χ2n) is 8.93. The van der Waals surface area contributed by atoms with Crippen molar-refractivity contribution in [3.05, 3.63) is 101 Å². The fourth-order valence-corrected chi connectivity index (χ4v) is 5.18. The summed E-state index contributed by atoms with van der Waals surface area (Å²) in [6, 6.07) is 22.2. The molecule has 0 radical (unpaired) electrons. The number of thiocarbonyl (C=S) groups is 1. The zero-order valence-electron chi connectivity index (χ0n) is 21.0. The molecule has 1 saturated heterocycles. The van der Waals surface area contributed by atoms with Crippen LogP contribution < -0.4 is 15.4 Å². The van der Waals surface area contributed by atoms with Crippen molar-refractivity contribution in [3.63, 3.8) is 0 Å². The number of carbonyl (C=O) groups excluding carboxylic acids is 1. The molecular weight excluding hydrogens is 520 g/mol. The van der Waals surface area contributed by atoms with E-state index in [9.17, 15) is 4.79 Å². The molecule has 0 spiro atoms. The summed E-state index contributed by atoms with van der Waals surface area (Å²) in [4.78, 5) is 19.4. The van der Waals surface area contributed by atoms with Gasteiger partial charge in [-0.15, -0.1) is 0 Å². The maximum absolute atomic E-state index is 12.9. The van der Waals surface area contributed by atoms with Crippen LogP contribution in [0.4, 0.5) is 5.69 Å². The number of halogens is 1. The summed E-state index contributed by atoms with van der Waals surface area (Å²) in [6.45, 7) is 2.35. The number of rotatable bonds is 8. The normalized spacial score (nSPS) is 16.8. The molecule has 9 heteroatoms. The fourth-order valence-electron chi connectivity index (χ4n) is 4.67. The van der Waals surface area contributed by atoms with Crippen LogP contribution in [0.1, 0.15) is 35.5 Å². The maximum Gasteiger partial charge on any atom is 0.226 e. The molecule has 2 N–H and O–H groups in total. The van der Waals surface area contributed by atoms with Gasteiger partial charge in [-0.1, -0.05) is 41.9 Å². The number of pyridine rings is 1. The summed E-state index contributed by atoms with van der Waals surface area (Å²) in [5.41, 5.74) is 3.32. The second kappa shape index (κ2) is 11.2. The second-order valence-corrected chi connectivity index (χ2v) is 9.73. The molecule has 7 nitrogen and oxygen atoms in total. The summed E-state index contributed by atoms with van der Waals surface area (Å²) >= 11 is 12.1. The van der Waals surface area contributed by atoms with Gasteiger partial charge in [0.1, 0.15) is 23.3 Å². The molecule has 1 aliphatic rings. The molecule has 1 aliphatic heterocycles. The smallest absolute Gasteiger partial charge is 0.226 e. The van der Waals surface area contributed by atoms with Gasteiger partial charge >= 0.3 is 0 Å². The lowest BCUT2D eigenvalue weighted by molar-refractivity contribution is -0.116. The highest BCUT2D eigenvalue weighted by atomic mass is 35.5. The summed E-state index contributed by atoms with van der Waals surface area (Å²) in [5.74, 6) is 1.89. The SMILES string of the molecule is COc1ccccc1NC(=O)CCN1C(=S)NC(c2ccccn2)C1c1ccc(-c2cccc(Cl)c2C)o1. The van der Waals surface area contributed by atoms with E-state index in [1.165, 1.54) is 0 Å². The van der Waals surface area contributed by atoms with E-state index in [0.29, 0.717) is 39.6 Å².